The zero-order chi connectivity index (χ0) is 5.82. The van der Waals surface area contributed by atoms with Crippen molar-refractivity contribution in [2.75, 3.05) is 0 Å². The minimum Gasteiger partial charge on any atom is -0.238 e. The maximum Gasteiger partial charge on any atom is 0.153 e. The summed E-state index contributed by atoms with van der Waals surface area (Å²) >= 11 is 3.18. The summed E-state index contributed by atoms with van der Waals surface area (Å²) in [7, 11) is 0. The highest BCUT2D eigenvalue weighted by atomic mass is 32.2. The van der Waals surface area contributed by atoms with Crippen molar-refractivity contribution in [2.45, 2.75) is 4.34 Å². The second-order valence-corrected chi connectivity index (χ2v) is 3.19. The van der Waals surface area contributed by atoms with Crippen LogP contribution in [0.3, 0.4) is 0 Å². The molecule has 1 nitrogen and oxygen atoms in total. The molecule has 0 saturated heterocycles. The Kier molecular flexibility index (Phi) is 2.11. The van der Waals surface area contributed by atoms with Gasteiger partial charge >= 0.3 is 0 Å². The predicted molar refractivity (Wildman–Crippen MR) is 38.2 cm³/mol. The fourth-order valence-corrected chi connectivity index (χ4v) is 1.56. The highest BCUT2D eigenvalue weighted by Gasteiger charge is 1.87. The maximum atomic E-state index is 4.02. The molecule has 0 bridgehead atoms. The molecular formula is C5H5NS2. The minimum absolute atomic E-state index is 1.06. The molecule has 1 aromatic heterocycles. The lowest BCUT2D eigenvalue weighted by molar-refractivity contribution is 1.26. The zero-order valence-corrected chi connectivity index (χ0v) is 5.84. The summed E-state index contributed by atoms with van der Waals surface area (Å²) < 4.78 is 1.06. The van der Waals surface area contributed by atoms with Gasteiger partial charge in [-0.15, -0.1) is 11.3 Å². The molecule has 0 aliphatic rings. The van der Waals surface area contributed by atoms with Crippen molar-refractivity contribution in [3.8, 4) is 0 Å². The van der Waals surface area contributed by atoms with E-state index in [1.807, 2.05) is 5.38 Å². The quantitative estimate of drug-likeness (QED) is 0.589. The van der Waals surface area contributed by atoms with Gasteiger partial charge in [-0.1, -0.05) is 18.3 Å². The van der Waals surface area contributed by atoms with Crippen LogP contribution in [0.15, 0.2) is 27.9 Å². The fraction of sp³-hybridized carbons (Fsp3) is 0. The predicted octanol–water partition coefficient (Wildman–Crippen LogP) is 2.38. The van der Waals surface area contributed by atoms with E-state index >= 15 is 0 Å². The van der Waals surface area contributed by atoms with Gasteiger partial charge in [0.15, 0.2) is 4.34 Å². The average Bonchev–Trinajstić information content (AvgIpc) is 2.19. The van der Waals surface area contributed by atoms with Crippen LogP contribution >= 0.6 is 23.1 Å². The van der Waals surface area contributed by atoms with E-state index in [-0.39, 0.29) is 0 Å². The summed E-state index contributed by atoms with van der Waals surface area (Å²) in [6, 6.07) is 0. The van der Waals surface area contributed by atoms with Crippen molar-refractivity contribution in [2.24, 2.45) is 0 Å². The van der Waals surface area contributed by atoms with Gasteiger partial charge in [-0.2, -0.15) is 0 Å². The van der Waals surface area contributed by atoms with Gasteiger partial charge < -0.3 is 0 Å². The standard InChI is InChI=1S/C5H5NS2/c1-2-7-5-6-3-4-8-5/h2-4H,1H2. The molecule has 0 radical (unpaired) electrons. The Balaban J connectivity index is 2.62. The van der Waals surface area contributed by atoms with E-state index in [1.54, 1.807) is 34.7 Å². The van der Waals surface area contributed by atoms with Crippen molar-refractivity contribution in [3.05, 3.63) is 23.6 Å². The molecule has 0 aliphatic heterocycles. The average molecular weight is 143 g/mol. The maximum absolute atomic E-state index is 4.02. The number of thioether (sulfide) groups is 1. The molecule has 3 heteroatoms. The highest BCUT2D eigenvalue weighted by Crippen LogP contribution is 2.19. The van der Waals surface area contributed by atoms with Gasteiger partial charge in [-0.25, -0.2) is 4.98 Å². The lowest BCUT2D eigenvalue weighted by Gasteiger charge is -1.79. The van der Waals surface area contributed by atoms with Crippen molar-refractivity contribution in [1.82, 2.24) is 4.98 Å². The lowest BCUT2D eigenvalue weighted by atomic mass is 11.0. The van der Waals surface area contributed by atoms with Crippen LogP contribution in [-0.2, 0) is 0 Å². The first-order valence-electron chi connectivity index (χ1n) is 2.10. The van der Waals surface area contributed by atoms with Crippen LogP contribution in [0.1, 0.15) is 0 Å². The summed E-state index contributed by atoms with van der Waals surface area (Å²) in [6.45, 7) is 3.57. The SMILES string of the molecule is C=CSc1nccs1. The Morgan fingerprint density at radius 2 is 2.75 bits per heavy atom. The first kappa shape index (κ1) is 5.85. The van der Waals surface area contributed by atoms with E-state index in [2.05, 4.69) is 11.6 Å². The second-order valence-electron chi connectivity index (χ2n) is 1.08. The third-order valence-corrected chi connectivity index (χ3v) is 2.21. The molecule has 0 N–H and O–H groups in total. The molecule has 0 aromatic carbocycles. The Labute approximate surface area is 56.5 Å². The van der Waals surface area contributed by atoms with Gasteiger partial charge in [0.25, 0.3) is 0 Å². The molecule has 0 fully saturated rings. The third kappa shape index (κ3) is 1.35. The van der Waals surface area contributed by atoms with E-state index in [4.69, 9.17) is 0 Å². The molecule has 0 saturated carbocycles. The molecule has 42 valence electrons. The van der Waals surface area contributed by atoms with Crippen molar-refractivity contribution in [1.29, 1.82) is 0 Å². The van der Waals surface area contributed by atoms with Crippen LogP contribution in [-0.4, -0.2) is 4.98 Å². The van der Waals surface area contributed by atoms with Crippen molar-refractivity contribution < 1.29 is 0 Å². The number of thiazole rings is 1. The number of nitrogens with zero attached hydrogens (tertiary/aromatic N) is 1. The summed E-state index contributed by atoms with van der Waals surface area (Å²) in [5.74, 6) is 0. The highest BCUT2D eigenvalue weighted by molar-refractivity contribution is 8.03. The first-order chi connectivity index (χ1) is 3.93. The molecule has 1 heterocycles. The monoisotopic (exact) mass is 143 g/mol. The molecule has 8 heavy (non-hydrogen) atoms. The Bertz CT molecular complexity index is 157. The zero-order valence-electron chi connectivity index (χ0n) is 4.20. The molecule has 0 atom stereocenters. The van der Waals surface area contributed by atoms with E-state index in [0.717, 1.165) is 4.34 Å². The van der Waals surface area contributed by atoms with Crippen LogP contribution in [0.4, 0.5) is 0 Å². The van der Waals surface area contributed by atoms with Crippen LogP contribution < -0.4 is 0 Å². The number of aromatic nitrogens is 1. The Morgan fingerprint density at radius 3 is 3.25 bits per heavy atom. The van der Waals surface area contributed by atoms with Crippen LogP contribution in [0.2, 0.25) is 0 Å². The largest absolute Gasteiger partial charge is 0.238 e. The van der Waals surface area contributed by atoms with Crippen LogP contribution in [0.25, 0.3) is 0 Å². The van der Waals surface area contributed by atoms with Gasteiger partial charge in [0.1, 0.15) is 0 Å². The molecule has 0 amide bonds. The van der Waals surface area contributed by atoms with Gasteiger partial charge in [0.2, 0.25) is 0 Å². The molecule has 0 aliphatic carbocycles. The second kappa shape index (κ2) is 2.89. The van der Waals surface area contributed by atoms with Gasteiger partial charge in [0.05, 0.1) is 0 Å². The molecule has 0 spiro atoms. The van der Waals surface area contributed by atoms with Gasteiger partial charge in [-0.3, -0.25) is 0 Å². The normalized spacial score (nSPS) is 9.00. The third-order valence-electron chi connectivity index (χ3n) is 0.594. The van der Waals surface area contributed by atoms with Gasteiger partial charge in [-0.05, 0) is 5.41 Å². The number of hydrogen-bond acceptors (Lipinski definition) is 3. The summed E-state index contributed by atoms with van der Waals surface area (Å²) in [6.07, 6.45) is 1.79. The molecule has 1 aromatic rings. The number of hydrogen-bond donors (Lipinski definition) is 0. The van der Waals surface area contributed by atoms with Crippen molar-refractivity contribution in [3.63, 3.8) is 0 Å². The van der Waals surface area contributed by atoms with E-state index in [9.17, 15) is 0 Å². The summed E-state index contributed by atoms with van der Waals surface area (Å²) in [5.41, 5.74) is 0. The molecular weight excluding hydrogens is 138 g/mol. The van der Waals surface area contributed by atoms with Crippen molar-refractivity contribution >= 4 is 23.1 Å². The van der Waals surface area contributed by atoms with Crippen LogP contribution in [0.5, 0.6) is 0 Å². The summed E-state index contributed by atoms with van der Waals surface area (Å²) in [5, 5.41) is 3.73. The molecule has 1 rings (SSSR count). The van der Waals surface area contributed by atoms with Crippen LogP contribution in [0, 0.1) is 0 Å². The van der Waals surface area contributed by atoms with E-state index < -0.39 is 0 Å². The Morgan fingerprint density at radius 1 is 1.88 bits per heavy atom. The topological polar surface area (TPSA) is 12.9 Å². The fourth-order valence-electron chi connectivity index (χ4n) is 0.340. The Hall–Kier alpha value is -0.280. The molecule has 0 unspecified atom stereocenters. The number of rotatable bonds is 2. The van der Waals surface area contributed by atoms with Gasteiger partial charge in [0, 0.05) is 11.6 Å². The minimum atomic E-state index is 1.06. The smallest absolute Gasteiger partial charge is 0.153 e. The van der Waals surface area contributed by atoms with E-state index in [1.165, 1.54) is 0 Å². The lowest BCUT2D eigenvalue weighted by Crippen LogP contribution is -1.56. The summed E-state index contributed by atoms with van der Waals surface area (Å²) in [4.78, 5) is 4.02. The van der Waals surface area contributed by atoms with E-state index in [0.29, 0.717) is 0 Å². The first-order valence-corrected chi connectivity index (χ1v) is 3.86.